The van der Waals surface area contributed by atoms with Gasteiger partial charge in [-0.3, -0.25) is 0 Å². The van der Waals surface area contributed by atoms with Crippen molar-refractivity contribution in [2.24, 2.45) is 0 Å². The zero-order valence-electron chi connectivity index (χ0n) is 9.52. The van der Waals surface area contributed by atoms with Crippen molar-refractivity contribution in [2.45, 2.75) is 13.0 Å². The summed E-state index contributed by atoms with van der Waals surface area (Å²) in [5.41, 5.74) is 1.83. The van der Waals surface area contributed by atoms with Gasteiger partial charge >= 0.3 is 0 Å². The molecule has 86 valence electrons. The molecule has 1 aromatic carbocycles. The van der Waals surface area contributed by atoms with Crippen LogP contribution >= 0.6 is 11.3 Å². The quantitative estimate of drug-likeness (QED) is 0.818. The molecule has 0 aliphatic rings. The molecule has 3 heteroatoms. The molecule has 0 bridgehead atoms. The smallest absolute Gasteiger partial charge is 0.0995 e. The number of nitrogens with zero attached hydrogens (tertiary/aromatic N) is 1. The van der Waals surface area contributed by atoms with Crippen molar-refractivity contribution in [3.8, 4) is 6.07 Å². The third-order valence-corrected chi connectivity index (χ3v) is 3.52. The van der Waals surface area contributed by atoms with Crippen LogP contribution in [0.4, 0.5) is 0 Å². The van der Waals surface area contributed by atoms with Gasteiger partial charge in [0, 0.05) is 18.0 Å². The minimum Gasteiger partial charge on any atom is -0.312 e. The highest BCUT2D eigenvalue weighted by atomic mass is 32.1. The topological polar surface area (TPSA) is 35.8 Å². The largest absolute Gasteiger partial charge is 0.312 e. The van der Waals surface area contributed by atoms with E-state index in [1.165, 1.54) is 4.88 Å². The van der Waals surface area contributed by atoms with Crippen LogP contribution in [0, 0.1) is 11.3 Å². The van der Waals surface area contributed by atoms with E-state index < -0.39 is 0 Å². The van der Waals surface area contributed by atoms with Crippen molar-refractivity contribution >= 4 is 11.3 Å². The molecule has 2 aromatic rings. The van der Waals surface area contributed by atoms with Crippen molar-refractivity contribution in [3.05, 3.63) is 57.8 Å². The summed E-state index contributed by atoms with van der Waals surface area (Å²) < 4.78 is 0. The molecule has 0 spiro atoms. The number of thiophene rings is 1. The van der Waals surface area contributed by atoms with Crippen LogP contribution in [0.1, 0.15) is 16.0 Å². The number of hydrogen-bond donors (Lipinski definition) is 1. The lowest BCUT2D eigenvalue weighted by molar-refractivity contribution is 0.689. The summed E-state index contributed by atoms with van der Waals surface area (Å²) >= 11 is 1.78. The van der Waals surface area contributed by atoms with E-state index in [9.17, 15) is 0 Å². The monoisotopic (exact) mass is 242 g/mol. The first-order valence-corrected chi connectivity index (χ1v) is 6.49. The van der Waals surface area contributed by atoms with E-state index in [4.69, 9.17) is 5.26 Å². The lowest BCUT2D eigenvalue weighted by Gasteiger charge is -2.05. The molecule has 0 amide bonds. The van der Waals surface area contributed by atoms with Crippen LogP contribution in [-0.2, 0) is 13.0 Å². The number of hydrogen-bond acceptors (Lipinski definition) is 3. The highest BCUT2D eigenvalue weighted by molar-refractivity contribution is 7.09. The second-order valence-corrected chi connectivity index (χ2v) is 4.81. The molecule has 0 fully saturated rings. The highest BCUT2D eigenvalue weighted by Gasteiger charge is 1.99. The standard InChI is InChI=1S/C14H14N2S/c15-10-12-4-1-2-5-13(12)11-16-8-7-14-6-3-9-17-14/h1-6,9,16H,7-8,11H2. The van der Waals surface area contributed by atoms with Crippen LogP contribution in [0.3, 0.4) is 0 Å². The molecule has 1 N–H and O–H groups in total. The van der Waals surface area contributed by atoms with Crippen LogP contribution in [0.25, 0.3) is 0 Å². The fourth-order valence-electron chi connectivity index (χ4n) is 1.67. The molecule has 0 unspecified atom stereocenters. The summed E-state index contributed by atoms with van der Waals surface area (Å²) in [7, 11) is 0. The number of rotatable bonds is 5. The Morgan fingerprint density at radius 2 is 2.06 bits per heavy atom. The number of nitriles is 1. The Bertz CT molecular complexity index is 497. The maximum Gasteiger partial charge on any atom is 0.0995 e. The van der Waals surface area contributed by atoms with Gasteiger partial charge in [0.2, 0.25) is 0 Å². The summed E-state index contributed by atoms with van der Waals surface area (Å²) in [6.45, 7) is 1.70. The molecule has 0 atom stereocenters. The first-order chi connectivity index (χ1) is 8.40. The van der Waals surface area contributed by atoms with Gasteiger partial charge < -0.3 is 5.32 Å². The van der Waals surface area contributed by atoms with Gasteiger partial charge in [-0.15, -0.1) is 11.3 Å². The minimum atomic E-state index is 0.759. The first kappa shape index (κ1) is 11.8. The van der Waals surface area contributed by atoms with E-state index >= 15 is 0 Å². The van der Waals surface area contributed by atoms with Crippen molar-refractivity contribution in [1.82, 2.24) is 5.32 Å². The minimum absolute atomic E-state index is 0.759. The van der Waals surface area contributed by atoms with Crippen LogP contribution in [-0.4, -0.2) is 6.54 Å². The van der Waals surface area contributed by atoms with Gasteiger partial charge in [0.25, 0.3) is 0 Å². The van der Waals surface area contributed by atoms with E-state index in [2.05, 4.69) is 28.9 Å². The second-order valence-electron chi connectivity index (χ2n) is 3.78. The Morgan fingerprint density at radius 3 is 2.82 bits per heavy atom. The zero-order valence-corrected chi connectivity index (χ0v) is 10.3. The average molecular weight is 242 g/mol. The summed E-state index contributed by atoms with van der Waals surface area (Å²) in [5.74, 6) is 0. The maximum absolute atomic E-state index is 8.95. The Hall–Kier alpha value is -1.63. The molecule has 0 radical (unpaired) electrons. The van der Waals surface area contributed by atoms with Gasteiger partial charge in [0.1, 0.15) is 0 Å². The molecule has 0 saturated carbocycles. The molecule has 0 aliphatic heterocycles. The molecule has 0 aliphatic carbocycles. The summed E-state index contributed by atoms with van der Waals surface area (Å²) in [4.78, 5) is 1.39. The number of benzene rings is 1. The van der Waals surface area contributed by atoms with Crippen molar-refractivity contribution < 1.29 is 0 Å². The van der Waals surface area contributed by atoms with Gasteiger partial charge in [0.05, 0.1) is 11.6 Å². The van der Waals surface area contributed by atoms with Crippen LogP contribution in [0.2, 0.25) is 0 Å². The van der Waals surface area contributed by atoms with Crippen LogP contribution in [0.5, 0.6) is 0 Å². The van der Waals surface area contributed by atoms with Crippen LogP contribution in [0.15, 0.2) is 41.8 Å². The molecular weight excluding hydrogens is 228 g/mol. The molecule has 0 saturated heterocycles. The summed E-state index contributed by atoms with van der Waals surface area (Å²) in [6.07, 6.45) is 1.05. The van der Waals surface area contributed by atoms with E-state index in [-0.39, 0.29) is 0 Å². The van der Waals surface area contributed by atoms with E-state index in [0.29, 0.717) is 0 Å². The van der Waals surface area contributed by atoms with Gasteiger partial charge in [0.15, 0.2) is 0 Å². The van der Waals surface area contributed by atoms with Gasteiger partial charge in [-0.05, 0) is 29.5 Å². The maximum atomic E-state index is 8.95. The van der Waals surface area contributed by atoms with Gasteiger partial charge in [-0.2, -0.15) is 5.26 Å². The predicted molar refractivity (Wildman–Crippen MR) is 70.9 cm³/mol. The van der Waals surface area contributed by atoms with E-state index in [0.717, 1.165) is 30.6 Å². The lowest BCUT2D eigenvalue weighted by Crippen LogP contribution is -2.16. The Kier molecular flexibility index (Phi) is 4.31. The van der Waals surface area contributed by atoms with E-state index in [1.54, 1.807) is 11.3 Å². The number of nitrogens with one attached hydrogen (secondary N) is 1. The lowest BCUT2D eigenvalue weighted by atomic mass is 10.1. The molecular formula is C14H14N2S. The van der Waals surface area contributed by atoms with Crippen molar-refractivity contribution in [1.29, 1.82) is 5.26 Å². The Balaban J connectivity index is 1.80. The highest BCUT2D eigenvalue weighted by Crippen LogP contribution is 2.09. The van der Waals surface area contributed by atoms with Crippen molar-refractivity contribution in [3.63, 3.8) is 0 Å². The second kappa shape index (κ2) is 6.19. The molecule has 17 heavy (non-hydrogen) atoms. The third-order valence-electron chi connectivity index (χ3n) is 2.58. The van der Waals surface area contributed by atoms with Crippen LogP contribution < -0.4 is 5.32 Å². The fraction of sp³-hybridized carbons (Fsp3) is 0.214. The van der Waals surface area contributed by atoms with E-state index in [1.807, 2.05) is 24.3 Å². The SMILES string of the molecule is N#Cc1ccccc1CNCCc1cccs1. The molecule has 1 aromatic heterocycles. The van der Waals surface area contributed by atoms with Gasteiger partial charge in [-0.1, -0.05) is 24.3 Å². The first-order valence-electron chi connectivity index (χ1n) is 5.61. The third kappa shape index (κ3) is 3.42. The predicted octanol–water partition coefficient (Wildman–Crippen LogP) is 2.95. The van der Waals surface area contributed by atoms with Crippen molar-refractivity contribution in [2.75, 3.05) is 6.54 Å². The normalized spacial score (nSPS) is 10.1. The summed E-state index contributed by atoms with van der Waals surface area (Å²) in [5, 5.41) is 14.4. The average Bonchev–Trinajstić information content (AvgIpc) is 2.88. The molecule has 2 nitrogen and oxygen atoms in total. The molecule has 2 rings (SSSR count). The Morgan fingerprint density at radius 1 is 1.18 bits per heavy atom. The van der Waals surface area contributed by atoms with Gasteiger partial charge in [-0.25, -0.2) is 0 Å². The molecule has 1 heterocycles. The zero-order chi connectivity index (χ0) is 11.9. The fourth-order valence-corrected chi connectivity index (χ4v) is 2.38. The summed E-state index contributed by atoms with van der Waals surface area (Å²) in [6, 6.07) is 14.2. The Labute approximate surface area is 106 Å².